The molecule has 0 saturated heterocycles. The number of nitrogens with zero attached hydrogens (tertiary/aromatic N) is 2. The van der Waals surface area contributed by atoms with Gasteiger partial charge in [-0.1, -0.05) is 11.3 Å². The normalized spacial score (nSPS) is 13.9. The number of amides is 1. The third kappa shape index (κ3) is 4.36. The fourth-order valence-electron chi connectivity index (χ4n) is 1.64. The van der Waals surface area contributed by atoms with E-state index in [4.69, 9.17) is 5.73 Å². The summed E-state index contributed by atoms with van der Waals surface area (Å²) in [6.07, 6.45) is 0.0579. The number of nitrogens with two attached hydrogens (primary N) is 1. The Balaban J connectivity index is 2.74. The second-order valence-corrected chi connectivity index (χ2v) is 5.66. The summed E-state index contributed by atoms with van der Waals surface area (Å²) >= 11 is 1.28. The van der Waals surface area contributed by atoms with Crippen molar-refractivity contribution in [1.29, 1.82) is 0 Å². The van der Waals surface area contributed by atoms with Gasteiger partial charge in [0.2, 0.25) is 0 Å². The van der Waals surface area contributed by atoms with Crippen molar-refractivity contribution in [2.24, 2.45) is 0 Å². The molecule has 0 aliphatic rings. The fraction of sp³-hybridized carbons (Fsp3) is 0.667. The molecule has 1 amide bonds. The van der Waals surface area contributed by atoms with Gasteiger partial charge in [-0.3, -0.25) is 4.79 Å². The van der Waals surface area contributed by atoms with Crippen molar-refractivity contribution in [2.45, 2.75) is 39.3 Å². The van der Waals surface area contributed by atoms with Gasteiger partial charge in [-0.25, -0.2) is 4.98 Å². The molecule has 0 bridgehead atoms. The molecule has 1 heterocycles. The molecule has 2 unspecified atom stereocenters. The molecule has 0 aliphatic heterocycles. The zero-order valence-electron chi connectivity index (χ0n) is 11.8. The number of aromatic nitrogens is 1. The summed E-state index contributed by atoms with van der Waals surface area (Å²) in [4.78, 5) is 18.6. The van der Waals surface area contributed by atoms with Crippen molar-refractivity contribution in [3.8, 4) is 0 Å². The van der Waals surface area contributed by atoms with Crippen LogP contribution in [0.5, 0.6) is 0 Å². The third-order valence-corrected chi connectivity index (χ3v) is 3.91. The average molecular weight is 286 g/mol. The minimum absolute atomic E-state index is 0.110. The molecule has 0 fully saturated rings. The predicted octanol–water partition coefficient (Wildman–Crippen LogP) is 1.07. The summed E-state index contributed by atoms with van der Waals surface area (Å²) in [5.74, 6) is 0.0148. The Labute approximate surface area is 117 Å². The van der Waals surface area contributed by atoms with Gasteiger partial charge in [-0.05, 0) is 27.2 Å². The molecule has 4 N–H and O–H groups in total. The summed E-state index contributed by atoms with van der Waals surface area (Å²) in [6, 6.07) is -0.110. The van der Waals surface area contributed by atoms with Crippen molar-refractivity contribution in [2.75, 3.05) is 24.2 Å². The zero-order valence-corrected chi connectivity index (χ0v) is 12.6. The zero-order chi connectivity index (χ0) is 14.6. The lowest BCUT2D eigenvalue weighted by molar-refractivity contribution is 0.0928. The maximum Gasteiger partial charge on any atom is 0.265 e. The molecule has 0 spiro atoms. The van der Waals surface area contributed by atoms with E-state index in [1.54, 1.807) is 6.92 Å². The smallest absolute Gasteiger partial charge is 0.265 e. The number of carbonyl (C=O) groups is 1. The highest BCUT2D eigenvalue weighted by molar-refractivity contribution is 7.18. The Morgan fingerprint density at radius 2 is 2.21 bits per heavy atom. The topological polar surface area (TPSA) is 91.5 Å². The number of thiazole rings is 1. The Morgan fingerprint density at radius 1 is 1.58 bits per heavy atom. The monoisotopic (exact) mass is 286 g/mol. The van der Waals surface area contributed by atoms with Gasteiger partial charge in [0, 0.05) is 19.6 Å². The van der Waals surface area contributed by atoms with E-state index in [9.17, 15) is 9.90 Å². The van der Waals surface area contributed by atoms with E-state index in [0.717, 1.165) is 11.7 Å². The molecule has 2 atom stereocenters. The summed E-state index contributed by atoms with van der Waals surface area (Å²) in [7, 11) is 1.90. The molecule has 0 aliphatic carbocycles. The van der Waals surface area contributed by atoms with Crippen LogP contribution in [0.2, 0.25) is 0 Å². The molecule has 1 rings (SSSR count). The van der Waals surface area contributed by atoms with Crippen LogP contribution in [0.4, 0.5) is 10.9 Å². The van der Waals surface area contributed by atoms with Crippen LogP contribution in [-0.2, 0) is 0 Å². The Bertz CT molecular complexity index is 433. The summed E-state index contributed by atoms with van der Waals surface area (Å²) in [5, 5.41) is 12.8. The average Bonchev–Trinajstić information content (AvgIpc) is 2.69. The number of aliphatic hydroxyl groups is 1. The molecule has 0 aromatic carbocycles. The van der Waals surface area contributed by atoms with Gasteiger partial charge in [-0.15, -0.1) is 0 Å². The molecule has 7 heteroatoms. The summed E-state index contributed by atoms with van der Waals surface area (Å²) < 4.78 is 0. The lowest BCUT2D eigenvalue weighted by atomic mass is 10.1. The first-order valence-electron chi connectivity index (χ1n) is 6.31. The molecule has 6 nitrogen and oxygen atoms in total. The number of nitrogen functional groups attached to an aromatic ring is 1. The first kappa shape index (κ1) is 15.7. The SMILES string of the molecule is CCN(C)c1nc(N)c(C(=O)NC(C)CC(C)O)s1. The number of aliphatic hydroxyl groups excluding tert-OH is 1. The molecular formula is C12H22N4O2S. The van der Waals surface area contributed by atoms with Crippen LogP contribution in [0.25, 0.3) is 0 Å². The molecule has 0 radical (unpaired) electrons. The minimum Gasteiger partial charge on any atom is -0.393 e. The van der Waals surface area contributed by atoms with Gasteiger partial charge in [0.25, 0.3) is 5.91 Å². The molecular weight excluding hydrogens is 264 g/mol. The number of hydrogen-bond donors (Lipinski definition) is 3. The first-order valence-corrected chi connectivity index (χ1v) is 7.13. The maximum absolute atomic E-state index is 12.1. The van der Waals surface area contributed by atoms with Gasteiger partial charge in [-0.2, -0.15) is 0 Å². The van der Waals surface area contributed by atoms with E-state index in [-0.39, 0.29) is 17.8 Å². The second-order valence-electron chi connectivity index (χ2n) is 4.68. The van der Waals surface area contributed by atoms with Crippen LogP contribution in [0.3, 0.4) is 0 Å². The largest absolute Gasteiger partial charge is 0.393 e. The van der Waals surface area contributed by atoms with Crippen LogP contribution in [0, 0.1) is 0 Å². The standard InChI is InChI=1S/C12H22N4O2S/c1-5-16(4)12-15-10(13)9(19-12)11(18)14-7(2)6-8(3)17/h7-8,17H,5-6,13H2,1-4H3,(H,14,18). The predicted molar refractivity (Wildman–Crippen MR) is 78.7 cm³/mol. The molecule has 0 saturated carbocycles. The number of nitrogens with one attached hydrogen (secondary N) is 1. The number of carbonyl (C=O) groups excluding carboxylic acids is 1. The summed E-state index contributed by atoms with van der Waals surface area (Å²) in [5.41, 5.74) is 5.77. The van der Waals surface area contributed by atoms with E-state index in [1.807, 2.05) is 25.8 Å². The van der Waals surface area contributed by atoms with E-state index in [2.05, 4.69) is 10.3 Å². The van der Waals surface area contributed by atoms with Crippen molar-refractivity contribution < 1.29 is 9.90 Å². The van der Waals surface area contributed by atoms with Crippen LogP contribution in [0.1, 0.15) is 36.9 Å². The molecule has 19 heavy (non-hydrogen) atoms. The van der Waals surface area contributed by atoms with E-state index < -0.39 is 6.10 Å². The quantitative estimate of drug-likeness (QED) is 0.727. The summed E-state index contributed by atoms with van der Waals surface area (Å²) in [6.45, 7) is 6.34. The van der Waals surface area contributed by atoms with Crippen molar-refractivity contribution in [1.82, 2.24) is 10.3 Å². The minimum atomic E-state index is -0.448. The van der Waals surface area contributed by atoms with Crippen molar-refractivity contribution in [3.63, 3.8) is 0 Å². The highest BCUT2D eigenvalue weighted by Crippen LogP contribution is 2.27. The van der Waals surface area contributed by atoms with Crippen molar-refractivity contribution >= 4 is 28.2 Å². The van der Waals surface area contributed by atoms with Gasteiger partial charge < -0.3 is 21.1 Å². The van der Waals surface area contributed by atoms with Crippen LogP contribution < -0.4 is 16.0 Å². The van der Waals surface area contributed by atoms with Crippen molar-refractivity contribution in [3.05, 3.63) is 4.88 Å². The highest BCUT2D eigenvalue weighted by atomic mass is 32.1. The lowest BCUT2D eigenvalue weighted by Crippen LogP contribution is -2.34. The number of anilines is 2. The molecule has 1 aromatic rings. The maximum atomic E-state index is 12.1. The molecule has 108 valence electrons. The van der Waals surface area contributed by atoms with E-state index >= 15 is 0 Å². The van der Waals surface area contributed by atoms with Gasteiger partial charge >= 0.3 is 0 Å². The first-order chi connectivity index (χ1) is 8.85. The number of hydrogen-bond acceptors (Lipinski definition) is 6. The van der Waals surface area contributed by atoms with Crippen LogP contribution in [0.15, 0.2) is 0 Å². The van der Waals surface area contributed by atoms with Crippen LogP contribution in [-0.4, -0.2) is 41.7 Å². The fourth-order valence-corrected chi connectivity index (χ4v) is 2.55. The Hall–Kier alpha value is -1.34. The number of rotatable bonds is 6. The highest BCUT2D eigenvalue weighted by Gasteiger charge is 2.19. The Kier molecular flexibility index (Phi) is 5.56. The molecule has 1 aromatic heterocycles. The van der Waals surface area contributed by atoms with E-state index in [0.29, 0.717) is 11.3 Å². The van der Waals surface area contributed by atoms with E-state index in [1.165, 1.54) is 11.3 Å². The van der Waals surface area contributed by atoms with Crippen LogP contribution >= 0.6 is 11.3 Å². The van der Waals surface area contributed by atoms with Gasteiger partial charge in [0.05, 0.1) is 6.10 Å². The van der Waals surface area contributed by atoms with Gasteiger partial charge in [0.15, 0.2) is 5.13 Å². The second kappa shape index (κ2) is 6.72. The van der Waals surface area contributed by atoms with Gasteiger partial charge in [0.1, 0.15) is 10.7 Å². The Morgan fingerprint density at radius 3 is 2.74 bits per heavy atom. The lowest BCUT2D eigenvalue weighted by Gasteiger charge is -2.14. The third-order valence-electron chi connectivity index (χ3n) is 2.72.